The molecule has 96 valence electrons. The van der Waals surface area contributed by atoms with Gasteiger partial charge in [-0.15, -0.1) is 0 Å². The van der Waals surface area contributed by atoms with Crippen LogP contribution in [0.2, 0.25) is 0 Å². The van der Waals surface area contributed by atoms with Gasteiger partial charge in [0.1, 0.15) is 5.41 Å². The smallest absolute Gasteiger partial charge is 0.240 e. The van der Waals surface area contributed by atoms with Gasteiger partial charge in [0, 0.05) is 11.3 Å². The van der Waals surface area contributed by atoms with Crippen LogP contribution in [0.1, 0.15) is 46.0 Å². The third-order valence-corrected chi connectivity index (χ3v) is 5.10. The van der Waals surface area contributed by atoms with Crippen molar-refractivity contribution in [2.75, 3.05) is 6.26 Å². The van der Waals surface area contributed by atoms with E-state index in [1.165, 1.54) is 12.8 Å². The van der Waals surface area contributed by atoms with E-state index in [9.17, 15) is 10.1 Å². The van der Waals surface area contributed by atoms with E-state index in [0.717, 1.165) is 6.42 Å². The van der Waals surface area contributed by atoms with Crippen LogP contribution in [-0.2, 0) is 4.79 Å². The van der Waals surface area contributed by atoms with Crippen molar-refractivity contribution in [3.8, 4) is 6.07 Å². The Morgan fingerprint density at radius 3 is 2.59 bits per heavy atom. The van der Waals surface area contributed by atoms with Crippen molar-refractivity contribution in [2.24, 2.45) is 5.41 Å². The molecule has 2 atom stereocenters. The molecule has 1 aliphatic rings. The van der Waals surface area contributed by atoms with E-state index in [1.807, 2.05) is 25.6 Å². The lowest BCUT2D eigenvalue weighted by Crippen LogP contribution is -2.46. The highest BCUT2D eigenvalue weighted by Crippen LogP contribution is 2.31. The second-order valence-corrected chi connectivity index (χ2v) is 5.76. The Bertz CT molecular complexity index is 307. The second kappa shape index (κ2) is 6.30. The van der Waals surface area contributed by atoms with Crippen molar-refractivity contribution < 1.29 is 4.79 Å². The highest BCUT2D eigenvalue weighted by Gasteiger charge is 2.38. The van der Waals surface area contributed by atoms with Gasteiger partial charge in [0.05, 0.1) is 6.07 Å². The monoisotopic (exact) mass is 254 g/mol. The first-order valence-corrected chi connectivity index (χ1v) is 7.67. The van der Waals surface area contributed by atoms with Gasteiger partial charge in [-0.25, -0.2) is 0 Å². The molecule has 1 saturated carbocycles. The minimum absolute atomic E-state index is 0.0732. The molecule has 0 heterocycles. The van der Waals surface area contributed by atoms with Crippen LogP contribution in [-0.4, -0.2) is 23.5 Å². The number of carbonyl (C=O) groups excluding carboxylic acids is 1. The Labute approximate surface area is 108 Å². The van der Waals surface area contributed by atoms with Gasteiger partial charge in [0.2, 0.25) is 5.91 Å². The van der Waals surface area contributed by atoms with Gasteiger partial charge < -0.3 is 5.32 Å². The number of rotatable bonds is 5. The Hall–Kier alpha value is -0.690. The number of nitrogens with one attached hydrogen (secondary N) is 1. The van der Waals surface area contributed by atoms with E-state index in [4.69, 9.17) is 0 Å². The quantitative estimate of drug-likeness (QED) is 0.820. The number of hydrogen-bond donors (Lipinski definition) is 1. The zero-order chi connectivity index (χ0) is 12.9. The zero-order valence-electron chi connectivity index (χ0n) is 11.0. The summed E-state index contributed by atoms with van der Waals surface area (Å²) in [4.78, 5) is 12.2. The summed E-state index contributed by atoms with van der Waals surface area (Å²) in [6.07, 6.45) is 6.65. The van der Waals surface area contributed by atoms with Gasteiger partial charge in [-0.05, 0) is 31.9 Å². The summed E-state index contributed by atoms with van der Waals surface area (Å²) in [6.45, 7) is 3.82. The maximum atomic E-state index is 12.2. The van der Waals surface area contributed by atoms with Crippen molar-refractivity contribution >= 4 is 17.7 Å². The number of nitriles is 1. The molecule has 0 spiro atoms. The third-order valence-electron chi connectivity index (χ3n) is 3.93. The van der Waals surface area contributed by atoms with Gasteiger partial charge in [0.15, 0.2) is 0 Å². The predicted octanol–water partition coefficient (Wildman–Crippen LogP) is 2.72. The summed E-state index contributed by atoms with van der Waals surface area (Å²) in [6, 6.07) is 2.46. The van der Waals surface area contributed by atoms with Gasteiger partial charge in [0.25, 0.3) is 0 Å². The summed E-state index contributed by atoms with van der Waals surface area (Å²) in [7, 11) is 0. The van der Waals surface area contributed by atoms with Crippen LogP contribution in [0.4, 0.5) is 0 Å². The molecule has 0 aromatic carbocycles. The van der Waals surface area contributed by atoms with E-state index in [0.29, 0.717) is 18.1 Å². The number of nitrogens with zero attached hydrogens (tertiary/aromatic N) is 1. The van der Waals surface area contributed by atoms with Crippen LogP contribution in [0.3, 0.4) is 0 Å². The molecule has 1 N–H and O–H groups in total. The summed E-state index contributed by atoms with van der Waals surface area (Å²) < 4.78 is 0. The lowest BCUT2D eigenvalue weighted by atomic mass is 9.83. The minimum atomic E-state index is -0.828. The van der Waals surface area contributed by atoms with Crippen molar-refractivity contribution in [3.05, 3.63) is 0 Å². The van der Waals surface area contributed by atoms with Crippen molar-refractivity contribution in [2.45, 2.75) is 57.2 Å². The Morgan fingerprint density at radius 1 is 1.47 bits per heavy atom. The largest absolute Gasteiger partial charge is 0.351 e. The number of carbonyl (C=O) groups is 1. The SMILES string of the molecule is CCC(C#N)(CC)C(=O)NC1CCCC1SC. The fourth-order valence-corrected chi connectivity index (χ4v) is 3.39. The molecule has 4 heteroatoms. The highest BCUT2D eigenvalue weighted by molar-refractivity contribution is 7.99. The Kier molecular flexibility index (Phi) is 5.32. The maximum Gasteiger partial charge on any atom is 0.240 e. The molecule has 3 nitrogen and oxygen atoms in total. The Morgan fingerprint density at radius 2 is 2.12 bits per heavy atom. The van der Waals surface area contributed by atoms with E-state index in [1.54, 1.807) is 0 Å². The second-order valence-electron chi connectivity index (χ2n) is 4.69. The predicted molar refractivity (Wildman–Crippen MR) is 71.7 cm³/mol. The van der Waals surface area contributed by atoms with Gasteiger partial charge in [-0.3, -0.25) is 4.79 Å². The van der Waals surface area contributed by atoms with E-state index in [2.05, 4.69) is 17.6 Å². The molecule has 17 heavy (non-hydrogen) atoms. The average Bonchev–Trinajstić information content (AvgIpc) is 2.79. The number of thioether (sulfide) groups is 1. The van der Waals surface area contributed by atoms with E-state index >= 15 is 0 Å². The van der Waals surface area contributed by atoms with Crippen LogP contribution < -0.4 is 5.32 Å². The van der Waals surface area contributed by atoms with Gasteiger partial charge >= 0.3 is 0 Å². The first-order valence-electron chi connectivity index (χ1n) is 6.38. The van der Waals surface area contributed by atoms with Crippen molar-refractivity contribution in [1.29, 1.82) is 5.26 Å². The molecule has 2 unspecified atom stereocenters. The molecular formula is C13H22N2OS. The zero-order valence-corrected chi connectivity index (χ0v) is 11.8. The molecule has 0 aromatic rings. The fourth-order valence-electron chi connectivity index (χ4n) is 2.46. The first kappa shape index (κ1) is 14.4. The van der Waals surface area contributed by atoms with E-state index in [-0.39, 0.29) is 11.9 Å². The van der Waals surface area contributed by atoms with Crippen LogP contribution in [0.5, 0.6) is 0 Å². The topological polar surface area (TPSA) is 52.9 Å². The molecule has 1 aliphatic carbocycles. The molecule has 1 fully saturated rings. The minimum Gasteiger partial charge on any atom is -0.351 e. The summed E-state index contributed by atoms with van der Waals surface area (Å²) >= 11 is 1.82. The van der Waals surface area contributed by atoms with Crippen LogP contribution in [0.25, 0.3) is 0 Å². The highest BCUT2D eigenvalue weighted by atomic mass is 32.2. The fraction of sp³-hybridized carbons (Fsp3) is 0.846. The molecule has 1 rings (SSSR count). The first-order chi connectivity index (χ1) is 8.13. The lowest BCUT2D eigenvalue weighted by molar-refractivity contribution is -0.129. The normalized spacial score (nSPS) is 24.4. The van der Waals surface area contributed by atoms with Gasteiger partial charge in [-0.1, -0.05) is 20.3 Å². The third kappa shape index (κ3) is 2.95. The Balaban J connectivity index is 2.68. The standard InChI is InChI=1S/C13H22N2OS/c1-4-13(5-2,9-14)12(16)15-10-7-6-8-11(10)17-3/h10-11H,4-8H2,1-3H3,(H,15,16). The lowest BCUT2D eigenvalue weighted by Gasteiger charge is -2.27. The molecule has 0 saturated heterocycles. The van der Waals surface area contributed by atoms with Crippen molar-refractivity contribution in [3.63, 3.8) is 0 Å². The molecular weight excluding hydrogens is 232 g/mol. The van der Waals surface area contributed by atoms with Crippen LogP contribution in [0, 0.1) is 16.7 Å². The number of amides is 1. The van der Waals surface area contributed by atoms with Crippen LogP contribution in [0.15, 0.2) is 0 Å². The van der Waals surface area contributed by atoms with E-state index < -0.39 is 5.41 Å². The van der Waals surface area contributed by atoms with Gasteiger partial charge in [-0.2, -0.15) is 17.0 Å². The van der Waals surface area contributed by atoms with Crippen molar-refractivity contribution in [1.82, 2.24) is 5.32 Å². The summed E-state index contributed by atoms with van der Waals surface area (Å²) in [5.74, 6) is -0.0732. The molecule has 0 radical (unpaired) electrons. The molecule has 1 amide bonds. The molecule has 0 aromatic heterocycles. The summed E-state index contributed by atoms with van der Waals surface area (Å²) in [5, 5.41) is 12.8. The number of hydrogen-bond acceptors (Lipinski definition) is 3. The molecule has 0 bridgehead atoms. The summed E-state index contributed by atoms with van der Waals surface area (Å²) in [5.41, 5.74) is -0.828. The average molecular weight is 254 g/mol. The van der Waals surface area contributed by atoms with Crippen LogP contribution >= 0.6 is 11.8 Å². The molecule has 0 aliphatic heterocycles. The maximum absolute atomic E-state index is 12.2.